The molecule has 12 heteroatoms. The van der Waals surface area contributed by atoms with E-state index in [4.69, 9.17) is 14.6 Å². The summed E-state index contributed by atoms with van der Waals surface area (Å²) in [4.78, 5) is 27.0. The van der Waals surface area contributed by atoms with Gasteiger partial charge in [-0.25, -0.2) is 14.2 Å². The zero-order valence-corrected chi connectivity index (χ0v) is 17.6. The summed E-state index contributed by atoms with van der Waals surface area (Å²) < 4.78 is 51.1. The predicted octanol–water partition coefficient (Wildman–Crippen LogP) is 3.62. The quantitative estimate of drug-likeness (QED) is 0.677. The van der Waals surface area contributed by atoms with Crippen molar-refractivity contribution in [2.75, 3.05) is 18.8 Å². The normalized spacial score (nSPS) is 19.4. The standard InChI is InChI=1S/C17H17FN2O2S2.C2HF3O2/c18-14-2-1-4-19-16(14)22-13-7-17(24-9-13)10-20(11-17)15(21)6-12-3-5-23-8-12;3-2(4,5)1(6)7/h1-5,8,13H,6-7,9-11H2;(H,6,7). The molecule has 1 amide bonds. The molecule has 6 nitrogen and oxygen atoms in total. The lowest BCUT2D eigenvalue weighted by Crippen LogP contribution is -2.61. The third-order valence-electron chi connectivity index (χ3n) is 4.67. The van der Waals surface area contributed by atoms with Crippen molar-refractivity contribution < 1.29 is 37.0 Å². The lowest BCUT2D eigenvalue weighted by molar-refractivity contribution is -0.192. The van der Waals surface area contributed by atoms with Crippen LogP contribution in [0.25, 0.3) is 0 Å². The summed E-state index contributed by atoms with van der Waals surface area (Å²) >= 11 is 3.44. The van der Waals surface area contributed by atoms with Gasteiger partial charge in [-0.2, -0.15) is 24.5 Å². The molecule has 2 aromatic heterocycles. The first kappa shape index (κ1) is 23.3. The first-order valence-electron chi connectivity index (χ1n) is 9.08. The number of hydrogen-bond donors (Lipinski definition) is 1. The van der Waals surface area contributed by atoms with Gasteiger partial charge in [0.05, 0.1) is 11.2 Å². The van der Waals surface area contributed by atoms with Crippen molar-refractivity contribution >= 4 is 35.0 Å². The van der Waals surface area contributed by atoms with E-state index >= 15 is 0 Å². The molecule has 0 saturated carbocycles. The van der Waals surface area contributed by atoms with E-state index in [9.17, 15) is 22.4 Å². The number of carbonyl (C=O) groups is 2. The van der Waals surface area contributed by atoms with E-state index < -0.39 is 18.0 Å². The van der Waals surface area contributed by atoms with Crippen molar-refractivity contribution in [2.45, 2.75) is 29.9 Å². The number of thioether (sulfide) groups is 1. The summed E-state index contributed by atoms with van der Waals surface area (Å²) in [7, 11) is 0. The first-order valence-corrected chi connectivity index (χ1v) is 11.0. The molecule has 2 aliphatic heterocycles. The molecule has 0 aliphatic carbocycles. The Morgan fingerprint density at radius 1 is 1.32 bits per heavy atom. The molecule has 0 radical (unpaired) electrons. The number of aromatic nitrogens is 1. The second kappa shape index (κ2) is 9.43. The van der Waals surface area contributed by atoms with Crippen molar-refractivity contribution in [1.82, 2.24) is 9.88 Å². The predicted molar refractivity (Wildman–Crippen MR) is 107 cm³/mol. The minimum Gasteiger partial charge on any atom is -0.475 e. The minimum absolute atomic E-state index is 0.0477. The van der Waals surface area contributed by atoms with Crippen LogP contribution in [0.3, 0.4) is 0 Å². The fourth-order valence-electron chi connectivity index (χ4n) is 3.22. The first-order chi connectivity index (χ1) is 14.6. The molecule has 2 fully saturated rings. The zero-order chi connectivity index (χ0) is 22.6. The van der Waals surface area contributed by atoms with Gasteiger partial charge in [0.15, 0.2) is 5.82 Å². The van der Waals surface area contributed by atoms with Gasteiger partial charge in [-0.15, -0.1) is 11.8 Å². The number of aliphatic carboxylic acids is 1. The molecule has 0 aromatic carbocycles. The minimum atomic E-state index is -5.08. The molecule has 168 valence electrons. The van der Waals surface area contributed by atoms with Gasteiger partial charge < -0.3 is 14.7 Å². The largest absolute Gasteiger partial charge is 0.490 e. The topological polar surface area (TPSA) is 79.7 Å². The van der Waals surface area contributed by atoms with E-state index in [0.29, 0.717) is 6.42 Å². The van der Waals surface area contributed by atoms with E-state index in [0.717, 1.165) is 30.8 Å². The van der Waals surface area contributed by atoms with Gasteiger partial charge in [-0.05, 0) is 34.5 Å². The van der Waals surface area contributed by atoms with Crippen LogP contribution in [-0.2, 0) is 16.0 Å². The maximum absolute atomic E-state index is 13.6. The Morgan fingerprint density at radius 3 is 2.61 bits per heavy atom. The lowest BCUT2D eigenvalue weighted by Gasteiger charge is -2.47. The summed E-state index contributed by atoms with van der Waals surface area (Å²) in [5, 5.41) is 11.1. The van der Waals surface area contributed by atoms with E-state index in [-0.39, 0.29) is 22.6 Å². The van der Waals surface area contributed by atoms with Crippen molar-refractivity contribution in [3.8, 4) is 5.88 Å². The molecule has 0 bridgehead atoms. The highest BCUT2D eigenvalue weighted by Gasteiger charge is 2.51. The average molecular weight is 478 g/mol. The monoisotopic (exact) mass is 478 g/mol. The van der Waals surface area contributed by atoms with Crippen LogP contribution in [0.5, 0.6) is 5.88 Å². The number of nitrogens with zero attached hydrogens (tertiary/aromatic N) is 2. The van der Waals surface area contributed by atoms with Crippen LogP contribution in [-0.4, -0.2) is 62.7 Å². The van der Waals surface area contributed by atoms with Crippen molar-refractivity contribution in [2.24, 2.45) is 0 Å². The third-order valence-corrected chi connectivity index (χ3v) is 6.97. The number of amides is 1. The number of hydrogen-bond acceptors (Lipinski definition) is 6. The van der Waals surface area contributed by atoms with Crippen LogP contribution >= 0.6 is 23.1 Å². The Morgan fingerprint density at radius 2 is 2.03 bits per heavy atom. The second-order valence-corrected chi connectivity index (χ2v) is 9.36. The number of rotatable bonds is 4. The number of carbonyl (C=O) groups excluding carboxylic acids is 1. The number of pyridine rings is 1. The molecule has 2 aromatic rings. The Balaban J connectivity index is 0.000000339. The van der Waals surface area contributed by atoms with Gasteiger partial charge in [0, 0.05) is 31.5 Å². The molecule has 2 saturated heterocycles. The Bertz CT molecular complexity index is 918. The second-order valence-electron chi connectivity index (χ2n) is 7.09. The molecular formula is C19H18F4N2O4S2. The van der Waals surface area contributed by atoms with Crippen LogP contribution < -0.4 is 4.74 Å². The van der Waals surface area contributed by atoms with Gasteiger partial charge in [0.1, 0.15) is 6.10 Å². The van der Waals surface area contributed by atoms with E-state index in [2.05, 4.69) is 4.98 Å². The Kier molecular flexibility index (Phi) is 7.10. The van der Waals surface area contributed by atoms with Gasteiger partial charge in [0.2, 0.25) is 5.91 Å². The zero-order valence-electron chi connectivity index (χ0n) is 16.0. The Hall–Kier alpha value is -2.34. The molecule has 1 N–H and O–H groups in total. The van der Waals surface area contributed by atoms with Crippen molar-refractivity contribution in [3.63, 3.8) is 0 Å². The van der Waals surface area contributed by atoms with Crippen LogP contribution in [0.4, 0.5) is 17.6 Å². The highest BCUT2D eigenvalue weighted by atomic mass is 32.2. The maximum Gasteiger partial charge on any atom is 0.490 e. The van der Waals surface area contributed by atoms with E-state index in [1.165, 1.54) is 12.3 Å². The van der Waals surface area contributed by atoms with Gasteiger partial charge in [0.25, 0.3) is 5.88 Å². The molecule has 1 atom stereocenters. The number of halogens is 4. The molecule has 4 rings (SSSR count). The van der Waals surface area contributed by atoms with E-state index in [1.54, 1.807) is 17.4 Å². The SMILES string of the molecule is O=C(Cc1ccsc1)N1CC2(CC(Oc3ncccc3F)CS2)C1.O=C(O)C(F)(F)F. The van der Waals surface area contributed by atoms with Crippen molar-refractivity contribution in [3.05, 3.63) is 46.5 Å². The van der Waals surface area contributed by atoms with Crippen LogP contribution in [0.15, 0.2) is 35.2 Å². The molecule has 1 spiro atoms. The molecule has 4 heterocycles. The summed E-state index contributed by atoms with van der Waals surface area (Å²) in [6.45, 7) is 1.51. The molecule has 31 heavy (non-hydrogen) atoms. The lowest BCUT2D eigenvalue weighted by atomic mass is 9.92. The average Bonchev–Trinajstić information content (AvgIpc) is 3.32. The molecule has 1 unspecified atom stereocenters. The van der Waals surface area contributed by atoms with Crippen molar-refractivity contribution in [1.29, 1.82) is 0 Å². The highest BCUT2D eigenvalue weighted by molar-refractivity contribution is 8.01. The number of likely N-dealkylation sites (tertiary alicyclic amines) is 1. The summed E-state index contributed by atoms with van der Waals surface area (Å²) in [6.07, 6.45) is -2.29. The fourth-order valence-corrected chi connectivity index (χ4v) is 5.41. The summed E-state index contributed by atoms with van der Waals surface area (Å²) in [6, 6.07) is 4.90. The van der Waals surface area contributed by atoms with Crippen LogP contribution in [0.2, 0.25) is 0 Å². The van der Waals surface area contributed by atoms with Gasteiger partial charge >= 0.3 is 12.1 Å². The third kappa shape index (κ3) is 6.10. The fraction of sp³-hybridized carbons (Fsp3) is 0.421. The summed E-state index contributed by atoms with van der Waals surface area (Å²) in [5.74, 6) is -2.12. The smallest absolute Gasteiger partial charge is 0.475 e. The highest BCUT2D eigenvalue weighted by Crippen LogP contribution is 2.46. The number of ether oxygens (including phenoxy) is 1. The molecule has 2 aliphatic rings. The maximum atomic E-state index is 13.6. The number of carboxylic acids is 1. The number of carboxylic acid groups (broad SMARTS) is 1. The van der Waals surface area contributed by atoms with Gasteiger partial charge in [-0.1, -0.05) is 0 Å². The number of alkyl halides is 3. The molecular weight excluding hydrogens is 460 g/mol. The van der Waals surface area contributed by atoms with Crippen LogP contribution in [0, 0.1) is 5.82 Å². The van der Waals surface area contributed by atoms with E-state index in [1.807, 2.05) is 33.5 Å². The Labute approximate surface area is 183 Å². The van der Waals surface area contributed by atoms with Crippen LogP contribution in [0.1, 0.15) is 12.0 Å². The number of thiophene rings is 1. The summed E-state index contributed by atoms with van der Waals surface area (Å²) in [5.41, 5.74) is 1.08. The van der Waals surface area contributed by atoms with Gasteiger partial charge in [-0.3, -0.25) is 4.79 Å².